The zero-order valence-corrected chi connectivity index (χ0v) is 9.92. The summed E-state index contributed by atoms with van der Waals surface area (Å²) in [5.41, 5.74) is 1.33. The van der Waals surface area contributed by atoms with E-state index in [1.807, 2.05) is 6.20 Å². The molecule has 1 saturated carbocycles. The summed E-state index contributed by atoms with van der Waals surface area (Å²) in [6.07, 6.45) is 13.1. The van der Waals surface area contributed by atoms with Crippen molar-refractivity contribution in [3.63, 3.8) is 0 Å². The Balaban J connectivity index is 1.93. The first-order valence-electron chi connectivity index (χ1n) is 5.99. The van der Waals surface area contributed by atoms with Crippen LogP contribution in [-0.4, -0.2) is 15.7 Å². The van der Waals surface area contributed by atoms with Gasteiger partial charge < -0.3 is 0 Å². The van der Waals surface area contributed by atoms with Crippen LogP contribution in [0, 0.1) is 0 Å². The SMILES string of the molecule is ClCCCc1cnn(C2CCCCC2)c1. The predicted octanol–water partition coefficient (Wildman–Crippen LogP) is 3.56. The minimum absolute atomic E-state index is 0.656. The van der Waals surface area contributed by atoms with Gasteiger partial charge in [0.2, 0.25) is 0 Å². The molecule has 0 bridgehead atoms. The molecule has 0 amide bonds. The molecule has 1 aliphatic carbocycles. The zero-order chi connectivity index (χ0) is 10.5. The molecule has 1 aromatic heterocycles. The molecule has 1 fully saturated rings. The van der Waals surface area contributed by atoms with Crippen molar-refractivity contribution in [3.8, 4) is 0 Å². The summed E-state index contributed by atoms with van der Waals surface area (Å²) >= 11 is 5.68. The smallest absolute Gasteiger partial charge is 0.0521 e. The molecule has 0 N–H and O–H groups in total. The van der Waals surface area contributed by atoms with Crippen LogP contribution in [0.25, 0.3) is 0 Å². The van der Waals surface area contributed by atoms with Gasteiger partial charge >= 0.3 is 0 Å². The number of aromatic nitrogens is 2. The fourth-order valence-corrected chi connectivity index (χ4v) is 2.46. The second kappa shape index (κ2) is 5.55. The Morgan fingerprint density at radius 2 is 2.13 bits per heavy atom. The predicted molar refractivity (Wildman–Crippen MR) is 63.4 cm³/mol. The number of halogens is 1. The van der Waals surface area contributed by atoms with Gasteiger partial charge in [0.05, 0.1) is 12.2 Å². The maximum Gasteiger partial charge on any atom is 0.0521 e. The van der Waals surface area contributed by atoms with Crippen molar-refractivity contribution in [2.45, 2.75) is 51.0 Å². The molecule has 0 aliphatic heterocycles. The van der Waals surface area contributed by atoms with E-state index < -0.39 is 0 Å². The molecule has 15 heavy (non-hydrogen) atoms. The summed E-state index contributed by atoms with van der Waals surface area (Å²) in [6.45, 7) is 0. The fourth-order valence-electron chi connectivity index (χ4n) is 2.32. The molecular weight excluding hydrogens is 208 g/mol. The highest BCUT2D eigenvalue weighted by molar-refractivity contribution is 6.17. The van der Waals surface area contributed by atoms with Crippen LogP contribution >= 0.6 is 11.6 Å². The Morgan fingerprint density at radius 1 is 1.33 bits per heavy atom. The lowest BCUT2D eigenvalue weighted by Gasteiger charge is -2.21. The Bertz CT molecular complexity index is 290. The minimum atomic E-state index is 0.656. The molecule has 0 atom stereocenters. The van der Waals surface area contributed by atoms with Crippen LogP contribution in [0.1, 0.15) is 50.1 Å². The fraction of sp³-hybridized carbons (Fsp3) is 0.750. The zero-order valence-electron chi connectivity index (χ0n) is 9.16. The second-order valence-electron chi connectivity index (χ2n) is 4.41. The van der Waals surface area contributed by atoms with Gasteiger partial charge in [-0.3, -0.25) is 4.68 Å². The molecule has 84 valence electrons. The quantitative estimate of drug-likeness (QED) is 0.718. The van der Waals surface area contributed by atoms with Crippen LogP contribution in [-0.2, 0) is 6.42 Å². The largest absolute Gasteiger partial charge is 0.269 e. The molecule has 0 saturated heterocycles. The first kappa shape index (κ1) is 11.0. The van der Waals surface area contributed by atoms with Crippen molar-refractivity contribution < 1.29 is 0 Å². The third-order valence-electron chi connectivity index (χ3n) is 3.20. The lowest BCUT2D eigenvalue weighted by atomic mass is 9.96. The van der Waals surface area contributed by atoms with Gasteiger partial charge in [0.1, 0.15) is 0 Å². The number of hydrogen-bond donors (Lipinski definition) is 0. The third kappa shape index (κ3) is 2.97. The van der Waals surface area contributed by atoms with E-state index in [-0.39, 0.29) is 0 Å². The summed E-state index contributed by atoms with van der Waals surface area (Å²) < 4.78 is 2.17. The van der Waals surface area contributed by atoms with Crippen molar-refractivity contribution in [1.29, 1.82) is 0 Å². The van der Waals surface area contributed by atoms with E-state index in [0.29, 0.717) is 6.04 Å². The third-order valence-corrected chi connectivity index (χ3v) is 3.47. The molecule has 2 rings (SSSR count). The Hall–Kier alpha value is -0.500. The maximum atomic E-state index is 5.68. The molecule has 1 heterocycles. The maximum absolute atomic E-state index is 5.68. The van der Waals surface area contributed by atoms with Gasteiger partial charge in [-0.25, -0.2) is 0 Å². The van der Waals surface area contributed by atoms with E-state index in [1.54, 1.807) is 0 Å². The van der Waals surface area contributed by atoms with Gasteiger partial charge in [-0.2, -0.15) is 5.10 Å². The van der Waals surface area contributed by atoms with E-state index in [4.69, 9.17) is 11.6 Å². The van der Waals surface area contributed by atoms with Crippen molar-refractivity contribution in [1.82, 2.24) is 9.78 Å². The highest BCUT2D eigenvalue weighted by Crippen LogP contribution is 2.27. The van der Waals surface area contributed by atoms with Crippen LogP contribution in [0.5, 0.6) is 0 Å². The van der Waals surface area contributed by atoms with Gasteiger partial charge in [-0.05, 0) is 31.2 Å². The summed E-state index contributed by atoms with van der Waals surface area (Å²) in [5, 5.41) is 4.47. The number of rotatable bonds is 4. The lowest BCUT2D eigenvalue weighted by molar-refractivity contribution is 0.329. The van der Waals surface area contributed by atoms with Crippen molar-refractivity contribution in [2.75, 3.05) is 5.88 Å². The molecular formula is C12H19ClN2. The summed E-state index contributed by atoms with van der Waals surface area (Å²) in [5.74, 6) is 0.745. The number of alkyl halides is 1. The first-order chi connectivity index (χ1) is 7.40. The normalized spacial score (nSPS) is 18.2. The molecule has 0 unspecified atom stereocenters. The van der Waals surface area contributed by atoms with E-state index >= 15 is 0 Å². The summed E-state index contributed by atoms with van der Waals surface area (Å²) in [4.78, 5) is 0. The van der Waals surface area contributed by atoms with Gasteiger partial charge in [-0.1, -0.05) is 19.3 Å². The molecule has 3 heteroatoms. The van der Waals surface area contributed by atoms with Crippen LogP contribution in [0.2, 0.25) is 0 Å². The topological polar surface area (TPSA) is 17.8 Å². The van der Waals surface area contributed by atoms with Crippen molar-refractivity contribution in [2.24, 2.45) is 0 Å². The van der Waals surface area contributed by atoms with Crippen LogP contribution < -0.4 is 0 Å². The first-order valence-corrected chi connectivity index (χ1v) is 6.52. The monoisotopic (exact) mass is 226 g/mol. The van der Waals surface area contributed by atoms with E-state index in [9.17, 15) is 0 Å². The molecule has 1 aliphatic rings. The highest BCUT2D eigenvalue weighted by Gasteiger charge is 2.15. The van der Waals surface area contributed by atoms with Gasteiger partial charge in [0, 0.05) is 12.1 Å². The Labute approximate surface area is 96.6 Å². The highest BCUT2D eigenvalue weighted by atomic mass is 35.5. The van der Waals surface area contributed by atoms with E-state index in [2.05, 4.69) is 16.0 Å². The number of nitrogens with zero attached hydrogens (tertiary/aromatic N) is 2. The minimum Gasteiger partial charge on any atom is -0.269 e. The molecule has 0 aromatic carbocycles. The Kier molecular flexibility index (Phi) is 4.07. The van der Waals surface area contributed by atoms with Crippen LogP contribution in [0.3, 0.4) is 0 Å². The van der Waals surface area contributed by atoms with Gasteiger partial charge in [0.15, 0.2) is 0 Å². The number of hydrogen-bond acceptors (Lipinski definition) is 1. The average molecular weight is 227 g/mol. The van der Waals surface area contributed by atoms with Crippen LogP contribution in [0.4, 0.5) is 0 Å². The standard InChI is InChI=1S/C12H19ClN2/c13-8-4-5-11-9-14-15(10-11)12-6-2-1-3-7-12/h9-10,12H,1-8H2. The van der Waals surface area contributed by atoms with E-state index in [0.717, 1.165) is 18.7 Å². The average Bonchev–Trinajstić information content (AvgIpc) is 2.76. The van der Waals surface area contributed by atoms with Crippen molar-refractivity contribution >= 4 is 11.6 Å². The molecule has 0 radical (unpaired) electrons. The van der Waals surface area contributed by atoms with E-state index in [1.165, 1.54) is 37.7 Å². The molecule has 2 nitrogen and oxygen atoms in total. The second-order valence-corrected chi connectivity index (χ2v) is 4.79. The summed E-state index contributed by atoms with van der Waals surface area (Å²) in [6, 6.07) is 0.656. The summed E-state index contributed by atoms with van der Waals surface area (Å²) in [7, 11) is 0. The van der Waals surface area contributed by atoms with Gasteiger partial charge in [0.25, 0.3) is 0 Å². The lowest BCUT2D eigenvalue weighted by Crippen LogP contribution is -2.12. The number of aryl methyl sites for hydroxylation is 1. The molecule has 0 spiro atoms. The van der Waals surface area contributed by atoms with Crippen molar-refractivity contribution in [3.05, 3.63) is 18.0 Å². The van der Waals surface area contributed by atoms with Crippen LogP contribution in [0.15, 0.2) is 12.4 Å². The molecule has 1 aromatic rings. The van der Waals surface area contributed by atoms with Gasteiger partial charge in [-0.15, -0.1) is 11.6 Å². The Morgan fingerprint density at radius 3 is 2.87 bits per heavy atom.